The molecule has 110 valence electrons. The van der Waals surface area contributed by atoms with Crippen LogP contribution in [-0.4, -0.2) is 5.78 Å². The van der Waals surface area contributed by atoms with E-state index in [2.05, 4.69) is 6.07 Å². The van der Waals surface area contributed by atoms with Gasteiger partial charge in [-0.2, -0.15) is 0 Å². The van der Waals surface area contributed by atoms with Gasteiger partial charge in [0.15, 0.2) is 5.78 Å². The molecule has 1 heterocycles. The highest BCUT2D eigenvalue weighted by molar-refractivity contribution is 7.14. The largest absolute Gasteiger partial charge is 0.293 e. The molecule has 0 saturated carbocycles. The minimum atomic E-state index is 0.136. The van der Waals surface area contributed by atoms with Crippen molar-refractivity contribution < 1.29 is 4.79 Å². The molecule has 0 atom stereocenters. The maximum atomic E-state index is 12.5. The van der Waals surface area contributed by atoms with E-state index in [1.165, 1.54) is 29.7 Å². The normalized spacial score (nSPS) is 14.6. The molecule has 0 radical (unpaired) electrons. The lowest BCUT2D eigenvalue weighted by Crippen LogP contribution is -2.02. The molecule has 4 heteroatoms. The van der Waals surface area contributed by atoms with Gasteiger partial charge in [-0.05, 0) is 61.1 Å². The molecule has 1 nitrogen and oxygen atoms in total. The number of hydrogen-bond acceptors (Lipinski definition) is 2. The first-order chi connectivity index (χ1) is 10.1. The van der Waals surface area contributed by atoms with E-state index in [-0.39, 0.29) is 5.78 Å². The molecule has 1 aliphatic carbocycles. The lowest BCUT2D eigenvalue weighted by molar-refractivity contribution is 0.0997. The summed E-state index contributed by atoms with van der Waals surface area (Å²) in [5, 5.41) is 1.22. The molecule has 0 amide bonds. The van der Waals surface area contributed by atoms with Crippen molar-refractivity contribution in [2.24, 2.45) is 0 Å². The Kier molecular flexibility index (Phi) is 4.68. The van der Waals surface area contributed by atoms with Gasteiger partial charge in [0, 0.05) is 21.3 Å². The van der Waals surface area contributed by atoms with E-state index in [0.717, 1.165) is 23.3 Å². The van der Waals surface area contributed by atoms with Crippen LogP contribution in [0.1, 0.15) is 44.9 Å². The summed E-state index contributed by atoms with van der Waals surface area (Å²) in [5.74, 6) is 0.136. The molecule has 0 bridgehead atoms. The quantitative estimate of drug-likeness (QED) is 0.514. The molecule has 0 saturated heterocycles. The Morgan fingerprint density at radius 1 is 1.10 bits per heavy atom. The van der Waals surface area contributed by atoms with Gasteiger partial charge in [-0.25, -0.2) is 0 Å². The first-order valence-corrected chi connectivity index (χ1v) is 8.79. The van der Waals surface area contributed by atoms with Crippen LogP contribution < -0.4 is 0 Å². The van der Waals surface area contributed by atoms with Crippen LogP contribution in [0, 0.1) is 0 Å². The predicted octanol–water partition coefficient (Wildman–Crippen LogP) is 5.75. The van der Waals surface area contributed by atoms with Crippen molar-refractivity contribution in [3.63, 3.8) is 0 Å². The van der Waals surface area contributed by atoms with Crippen molar-refractivity contribution in [1.82, 2.24) is 0 Å². The number of aryl methyl sites for hydroxylation is 2. The number of ketones is 1. The summed E-state index contributed by atoms with van der Waals surface area (Å²) < 4.78 is 0. The molecular formula is C17H16Cl2OS. The van der Waals surface area contributed by atoms with E-state index in [1.54, 1.807) is 29.5 Å². The highest BCUT2D eigenvalue weighted by atomic mass is 35.5. The molecular weight excluding hydrogens is 323 g/mol. The monoisotopic (exact) mass is 338 g/mol. The number of fused-ring (bicyclic) bond motifs is 1. The zero-order valence-electron chi connectivity index (χ0n) is 11.6. The summed E-state index contributed by atoms with van der Waals surface area (Å²) in [6.07, 6.45) is 6.31. The summed E-state index contributed by atoms with van der Waals surface area (Å²) in [5.41, 5.74) is 2.18. The number of hydrogen-bond donors (Lipinski definition) is 0. The summed E-state index contributed by atoms with van der Waals surface area (Å²) in [6, 6.07) is 7.35. The van der Waals surface area contributed by atoms with E-state index in [4.69, 9.17) is 23.2 Å². The second kappa shape index (κ2) is 6.51. The van der Waals surface area contributed by atoms with Crippen LogP contribution >= 0.6 is 34.5 Å². The van der Waals surface area contributed by atoms with Gasteiger partial charge in [-0.15, -0.1) is 11.3 Å². The standard InChI is InChI=1S/C17H16Cl2OS/c18-13-6-7-14(19)12(8-13)9-15(20)17-10-11-4-2-1-3-5-16(11)21-17/h6-8,10H,1-5,9H2. The van der Waals surface area contributed by atoms with Crippen molar-refractivity contribution in [3.8, 4) is 0 Å². The van der Waals surface area contributed by atoms with Crippen LogP contribution in [0.3, 0.4) is 0 Å². The Bertz CT molecular complexity index is 652. The number of halogens is 2. The van der Waals surface area contributed by atoms with Gasteiger partial charge in [0.1, 0.15) is 0 Å². The number of rotatable bonds is 3. The van der Waals surface area contributed by atoms with Gasteiger partial charge in [0.2, 0.25) is 0 Å². The highest BCUT2D eigenvalue weighted by Crippen LogP contribution is 2.30. The molecule has 1 aromatic heterocycles. The molecule has 0 aliphatic heterocycles. The van der Waals surface area contributed by atoms with Crippen molar-refractivity contribution in [2.45, 2.75) is 38.5 Å². The summed E-state index contributed by atoms with van der Waals surface area (Å²) in [4.78, 5) is 14.7. The van der Waals surface area contributed by atoms with Crippen LogP contribution in [0.15, 0.2) is 24.3 Å². The van der Waals surface area contributed by atoms with E-state index in [9.17, 15) is 4.79 Å². The average molecular weight is 339 g/mol. The molecule has 1 aliphatic rings. The van der Waals surface area contributed by atoms with E-state index >= 15 is 0 Å². The lowest BCUT2D eigenvalue weighted by Gasteiger charge is -2.03. The predicted molar refractivity (Wildman–Crippen MR) is 90.1 cm³/mol. The van der Waals surface area contributed by atoms with Gasteiger partial charge in [0.25, 0.3) is 0 Å². The first-order valence-electron chi connectivity index (χ1n) is 7.22. The van der Waals surface area contributed by atoms with Gasteiger partial charge >= 0.3 is 0 Å². The fourth-order valence-corrected chi connectivity index (χ4v) is 4.31. The SMILES string of the molecule is O=C(Cc1cc(Cl)ccc1Cl)c1cc2c(s1)CCCCC2. The number of carbonyl (C=O) groups excluding carboxylic acids is 1. The minimum absolute atomic E-state index is 0.136. The van der Waals surface area contributed by atoms with Crippen LogP contribution in [-0.2, 0) is 19.3 Å². The van der Waals surface area contributed by atoms with Crippen molar-refractivity contribution >= 4 is 40.3 Å². The molecule has 21 heavy (non-hydrogen) atoms. The van der Waals surface area contributed by atoms with E-state index in [1.807, 2.05) is 0 Å². The molecule has 0 spiro atoms. The lowest BCUT2D eigenvalue weighted by atomic mass is 10.1. The fourth-order valence-electron chi connectivity index (χ4n) is 2.74. The second-order valence-corrected chi connectivity index (χ2v) is 7.44. The maximum Gasteiger partial charge on any atom is 0.177 e. The molecule has 3 rings (SSSR count). The van der Waals surface area contributed by atoms with Crippen LogP contribution in [0.5, 0.6) is 0 Å². The topological polar surface area (TPSA) is 17.1 Å². The van der Waals surface area contributed by atoms with Gasteiger partial charge < -0.3 is 0 Å². The van der Waals surface area contributed by atoms with Crippen LogP contribution in [0.4, 0.5) is 0 Å². The first kappa shape index (κ1) is 15.1. The molecule has 2 aromatic rings. The molecule has 0 unspecified atom stereocenters. The number of carbonyl (C=O) groups is 1. The zero-order chi connectivity index (χ0) is 14.8. The third-order valence-corrected chi connectivity index (χ3v) is 5.76. The molecule has 0 fully saturated rings. The van der Waals surface area contributed by atoms with Gasteiger partial charge in [-0.1, -0.05) is 29.6 Å². The number of Topliss-reactive ketones (excluding diaryl/α,β-unsaturated/α-hetero) is 1. The number of thiophene rings is 1. The van der Waals surface area contributed by atoms with Crippen molar-refractivity contribution in [2.75, 3.05) is 0 Å². The smallest absolute Gasteiger partial charge is 0.177 e. The number of benzene rings is 1. The van der Waals surface area contributed by atoms with E-state index < -0.39 is 0 Å². The molecule has 1 aromatic carbocycles. The van der Waals surface area contributed by atoms with Crippen LogP contribution in [0.2, 0.25) is 10.0 Å². The van der Waals surface area contributed by atoms with Crippen LogP contribution in [0.25, 0.3) is 0 Å². The van der Waals surface area contributed by atoms with Crippen molar-refractivity contribution in [1.29, 1.82) is 0 Å². The summed E-state index contributed by atoms with van der Waals surface area (Å²) in [6.45, 7) is 0. The Balaban J connectivity index is 1.81. The minimum Gasteiger partial charge on any atom is -0.293 e. The zero-order valence-corrected chi connectivity index (χ0v) is 14.0. The summed E-state index contributed by atoms with van der Waals surface area (Å²) >= 11 is 13.8. The average Bonchev–Trinajstić information content (AvgIpc) is 2.74. The Labute approximate surface area is 138 Å². The molecule has 0 N–H and O–H groups in total. The third kappa shape index (κ3) is 3.50. The van der Waals surface area contributed by atoms with Crippen molar-refractivity contribution in [3.05, 3.63) is 55.2 Å². The third-order valence-electron chi connectivity index (χ3n) is 3.88. The Hall–Kier alpha value is -0.830. The fraction of sp³-hybridized carbons (Fsp3) is 0.353. The summed E-state index contributed by atoms with van der Waals surface area (Å²) in [7, 11) is 0. The van der Waals surface area contributed by atoms with E-state index in [0.29, 0.717) is 16.5 Å². The second-order valence-electron chi connectivity index (χ2n) is 5.46. The Morgan fingerprint density at radius 2 is 1.90 bits per heavy atom. The Morgan fingerprint density at radius 3 is 2.76 bits per heavy atom. The van der Waals surface area contributed by atoms with Gasteiger partial charge in [-0.3, -0.25) is 4.79 Å². The highest BCUT2D eigenvalue weighted by Gasteiger charge is 2.17. The maximum absolute atomic E-state index is 12.5. The van der Waals surface area contributed by atoms with Gasteiger partial charge in [0.05, 0.1) is 4.88 Å².